The highest BCUT2D eigenvalue weighted by Crippen LogP contribution is 2.18. The molecule has 0 saturated carbocycles. The molecule has 0 aliphatic heterocycles. The zero-order valence-electron chi connectivity index (χ0n) is 12.0. The van der Waals surface area contributed by atoms with Crippen LogP contribution < -0.4 is 10.1 Å². The largest absolute Gasteiger partial charge is 0.494 e. The lowest BCUT2D eigenvalue weighted by Gasteiger charge is -2.08. The molecular formula is C15H14FN5O. The van der Waals surface area contributed by atoms with Crippen LogP contribution in [0.25, 0.3) is 11.2 Å². The highest BCUT2D eigenvalue weighted by atomic mass is 19.1. The maximum Gasteiger partial charge on any atom is 0.183 e. The van der Waals surface area contributed by atoms with Crippen LogP contribution in [0.2, 0.25) is 0 Å². The fourth-order valence-electron chi connectivity index (χ4n) is 2.11. The molecule has 2 heterocycles. The Morgan fingerprint density at radius 2 is 2.00 bits per heavy atom. The van der Waals surface area contributed by atoms with Gasteiger partial charge in [-0.05, 0) is 24.1 Å². The second-order valence-corrected chi connectivity index (χ2v) is 4.60. The van der Waals surface area contributed by atoms with Gasteiger partial charge in [0, 0.05) is 18.9 Å². The third-order valence-electron chi connectivity index (χ3n) is 3.19. The van der Waals surface area contributed by atoms with E-state index in [2.05, 4.69) is 25.3 Å². The molecule has 6 nitrogen and oxygen atoms in total. The van der Waals surface area contributed by atoms with Crippen molar-refractivity contribution < 1.29 is 9.13 Å². The van der Waals surface area contributed by atoms with E-state index in [0.29, 0.717) is 29.9 Å². The summed E-state index contributed by atoms with van der Waals surface area (Å²) in [5.41, 5.74) is 2.02. The molecule has 112 valence electrons. The summed E-state index contributed by atoms with van der Waals surface area (Å²) in [5.74, 6) is 0.499. The van der Waals surface area contributed by atoms with Crippen molar-refractivity contribution in [2.24, 2.45) is 0 Å². The Balaban J connectivity index is 1.69. The summed E-state index contributed by atoms with van der Waals surface area (Å²) in [6.07, 6.45) is 5.26. The second kappa shape index (κ2) is 6.30. The number of nitrogens with zero attached hydrogens (tertiary/aromatic N) is 4. The van der Waals surface area contributed by atoms with Gasteiger partial charge in [-0.25, -0.2) is 24.3 Å². The number of nitrogens with one attached hydrogen (secondary N) is 1. The molecule has 3 rings (SSSR count). The molecule has 7 heteroatoms. The van der Waals surface area contributed by atoms with Crippen molar-refractivity contribution in [2.75, 3.05) is 19.0 Å². The van der Waals surface area contributed by atoms with Gasteiger partial charge < -0.3 is 10.1 Å². The van der Waals surface area contributed by atoms with Crippen molar-refractivity contribution in [3.63, 3.8) is 0 Å². The van der Waals surface area contributed by atoms with E-state index in [0.717, 1.165) is 5.56 Å². The zero-order chi connectivity index (χ0) is 15.4. The van der Waals surface area contributed by atoms with Gasteiger partial charge in [0.05, 0.1) is 7.11 Å². The fourth-order valence-corrected chi connectivity index (χ4v) is 2.11. The first-order valence-corrected chi connectivity index (χ1v) is 6.76. The molecule has 0 spiro atoms. The van der Waals surface area contributed by atoms with Crippen LogP contribution in [-0.4, -0.2) is 33.6 Å². The number of ether oxygens (including phenoxy) is 1. The molecule has 0 radical (unpaired) electrons. The summed E-state index contributed by atoms with van der Waals surface area (Å²) in [6, 6.07) is 4.93. The Kier molecular flexibility index (Phi) is 4.04. The number of benzene rings is 1. The van der Waals surface area contributed by atoms with E-state index >= 15 is 0 Å². The molecule has 0 saturated heterocycles. The van der Waals surface area contributed by atoms with Crippen LogP contribution in [0.15, 0.2) is 36.9 Å². The molecule has 0 fully saturated rings. The van der Waals surface area contributed by atoms with Crippen LogP contribution in [0.4, 0.5) is 10.2 Å². The highest BCUT2D eigenvalue weighted by molar-refractivity contribution is 5.81. The molecule has 0 aliphatic carbocycles. The van der Waals surface area contributed by atoms with E-state index in [4.69, 9.17) is 4.74 Å². The third-order valence-corrected chi connectivity index (χ3v) is 3.19. The van der Waals surface area contributed by atoms with Crippen molar-refractivity contribution in [3.05, 3.63) is 48.3 Å². The number of hydrogen-bond acceptors (Lipinski definition) is 6. The van der Waals surface area contributed by atoms with Crippen LogP contribution in [-0.2, 0) is 6.42 Å². The zero-order valence-corrected chi connectivity index (χ0v) is 12.0. The number of fused-ring (bicyclic) bond motifs is 1. The standard InChI is InChI=1S/C15H14FN5O/c1-22-12-3-2-10(8-11(12)16)4-5-18-14-13-15(21-9-20-14)19-7-6-17-13/h2-3,6-9H,4-5H2,1H3,(H,18,19,20,21). The van der Waals surface area contributed by atoms with Gasteiger partial charge in [-0.3, -0.25) is 0 Å². The second-order valence-electron chi connectivity index (χ2n) is 4.60. The average molecular weight is 299 g/mol. The molecule has 0 bridgehead atoms. The van der Waals surface area contributed by atoms with Crippen molar-refractivity contribution in [3.8, 4) is 5.75 Å². The molecule has 2 aromatic heterocycles. The van der Waals surface area contributed by atoms with Crippen molar-refractivity contribution in [2.45, 2.75) is 6.42 Å². The van der Waals surface area contributed by atoms with Gasteiger partial charge >= 0.3 is 0 Å². The molecule has 3 aromatic rings. The Labute approximate surface area is 126 Å². The van der Waals surface area contributed by atoms with Crippen molar-refractivity contribution in [1.82, 2.24) is 19.9 Å². The predicted molar refractivity (Wildman–Crippen MR) is 80.3 cm³/mol. The quantitative estimate of drug-likeness (QED) is 0.779. The van der Waals surface area contributed by atoms with Gasteiger partial charge in [-0.1, -0.05) is 6.07 Å². The minimum Gasteiger partial charge on any atom is -0.494 e. The Morgan fingerprint density at radius 1 is 1.14 bits per heavy atom. The molecule has 0 atom stereocenters. The van der Waals surface area contributed by atoms with Gasteiger partial charge in [-0.2, -0.15) is 0 Å². The average Bonchev–Trinajstić information content (AvgIpc) is 2.55. The topological polar surface area (TPSA) is 72.8 Å². The first-order valence-electron chi connectivity index (χ1n) is 6.76. The van der Waals surface area contributed by atoms with E-state index < -0.39 is 0 Å². The van der Waals surface area contributed by atoms with Gasteiger partial charge in [0.2, 0.25) is 0 Å². The van der Waals surface area contributed by atoms with Gasteiger partial charge in [0.15, 0.2) is 23.0 Å². The number of rotatable bonds is 5. The van der Waals surface area contributed by atoms with E-state index in [1.54, 1.807) is 18.5 Å². The summed E-state index contributed by atoms with van der Waals surface area (Å²) >= 11 is 0. The van der Waals surface area contributed by atoms with E-state index in [1.807, 2.05) is 6.07 Å². The Hall–Kier alpha value is -2.83. The molecule has 0 unspecified atom stereocenters. The normalized spacial score (nSPS) is 10.6. The lowest BCUT2D eigenvalue weighted by Crippen LogP contribution is -2.08. The molecular weight excluding hydrogens is 285 g/mol. The summed E-state index contributed by atoms with van der Waals surface area (Å²) in [5, 5.41) is 3.18. The summed E-state index contributed by atoms with van der Waals surface area (Å²) in [4.78, 5) is 16.6. The van der Waals surface area contributed by atoms with Crippen LogP contribution in [0.5, 0.6) is 5.75 Å². The lowest BCUT2D eigenvalue weighted by atomic mass is 10.1. The third kappa shape index (κ3) is 2.93. The number of methoxy groups -OCH3 is 1. The first-order chi connectivity index (χ1) is 10.8. The van der Waals surface area contributed by atoms with Gasteiger partial charge in [0.1, 0.15) is 11.8 Å². The Bertz CT molecular complexity index is 790. The van der Waals surface area contributed by atoms with Crippen molar-refractivity contribution >= 4 is 17.0 Å². The lowest BCUT2D eigenvalue weighted by molar-refractivity contribution is 0.386. The molecule has 0 aliphatic rings. The van der Waals surface area contributed by atoms with Crippen molar-refractivity contribution in [1.29, 1.82) is 0 Å². The number of hydrogen-bond donors (Lipinski definition) is 1. The monoisotopic (exact) mass is 299 g/mol. The van der Waals surface area contributed by atoms with E-state index in [1.165, 1.54) is 19.5 Å². The number of aromatic nitrogens is 4. The van der Waals surface area contributed by atoms with Crippen LogP contribution in [0, 0.1) is 5.82 Å². The predicted octanol–water partition coefficient (Wildman–Crippen LogP) is 2.22. The molecule has 1 aromatic carbocycles. The van der Waals surface area contributed by atoms with Gasteiger partial charge in [0.25, 0.3) is 0 Å². The van der Waals surface area contributed by atoms with Crippen LogP contribution in [0.1, 0.15) is 5.56 Å². The Morgan fingerprint density at radius 3 is 2.82 bits per heavy atom. The van der Waals surface area contributed by atoms with E-state index in [-0.39, 0.29) is 11.6 Å². The van der Waals surface area contributed by atoms with E-state index in [9.17, 15) is 4.39 Å². The van der Waals surface area contributed by atoms with Crippen LogP contribution >= 0.6 is 0 Å². The molecule has 1 N–H and O–H groups in total. The molecule has 0 amide bonds. The summed E-state index contributed by atoms with van der Waals surface area (Å²) in [7, 11) is 1.45. The van der Waals surface area contributed by atoms with Gasteiger partial charge in [-0.15, -0.1) is 0 Å². The smallest absolute Gasteiger partial charge is 0.183 e. The summed E-state index contributed by atoms with van der Waals surface area (Å²) in [6.45, 7) is 0.592. The first kappa shape index (κ1) is 14.1. The minimum absolute atomic E-state index is 0.244. The minimum atomic E-state index is -0.363. The summed E-state index contributed by atoms with van der Waals surface area (Å²) < 4.78 is 18.5. The number of anilines is 1. The highest BCUT2D eigenvalue weighted by Gasteiger charge is 2.06. The molecule has 22 heavy (non-hydrogen) atoms. The maximum absolute atomic E-state index is 13.6. The number of halogens is 1. The van der Waals surface area contributed by atoms with Crippen LogP contribution in [0.3, 0.4) is 0 Å². The fraction of sp³-hybridized carbons (Fsp3) is 0.200. The maximum atomic E-state index is 13.6. The SMILES string of the molecule is COc1ccc(CCNc2ncnc3nccnc23)cc1F.